The molecule has 0 radical (unpaired) electrons. The predicted octanol–water partition coefficient (Wildman–Crippen LogP) is 2.83. The molecule has 0 saturated heterocycles. The van der Waals surface area contributed by atoms with E-state index in [0.717, 1.165) is 37.8 Å². The Morgan fingerprint density at radius 3 is 2.78 bits per heavy atom. The molecule has 1 atom stereocenters. The van der Waals surface area contributed by atoms with E-state index in [1.54, 1.807) is 0 Å². The Bertz CT molecular complexity index is 446. The average molecular weight is 248 g/mol. The standard InChI is InChI=1S/C15H24N2O/c1-11(8-9-16(3)4)17-12(2)10-13-14(17)6-5-7-15(13)18/h10-11H,5-9H2,1-4H3. The zero-order chi connectivity index (χ0) is 13.3. The molecule has 0 saturated carbocycles. The summed E-state index contributed by atoms with van der Waals surface area (Å²) in [4.78, 5) is 14.1. The maximum atomic E-state index is 11.9. The smallest absolute Gasteiger partial charge is 0.164 e. The van der Waals surface area contributed by atoms with Crippen LogP contribution in [0.4, 0.5) is 0 Å². The van der Waals surface area contributed by atoms with Gasteiger partial charge < -0.3 is 9.47 Å². The van der Waals surface area contributed by atoms with Gasteiger partial charge in [0.25, 0.3) is 0 Å². The molecule has 1 aromatic rings. The second-order valence-electron chi connectivity index (χ2n) is 5.73. The highest BCUT2D eigenvalue weighted by molar-refractivity contribution is 5.98. The van der Waals surface area contributed by atoms with Crippen molar-refractivity contribution in [3.8, 4) is 0 Å². The summed E-state index contributed by atoms with van der Waals surface area (Å²) in [6.45, 7) is 5.47. The van der Waals surface area contributed by atoms with Crippen molar-refractivity contribution < 1.29 is 4.79 Å². The van der Waals surface area contributed by atoms with Gasteiger partial charge in [0.15, 0.2) is 5.78 Å². The molecule has 18 heavy (non-hydrogen) atoms. The van der Waals surface area contributed by atoms with E-state index in [2.05, 4.69) is 43.5 Å². The number of nitrogens with zero attached hydrogens (tertiary/aromatic N) is 2. The lowest BCUT2D eigenvalue weighted by atomic mass is 9.96. The molecule has 1 unspecified atom stereocenters. The van der Waals surface area contributed by atoms with Gasteiger partial charge in [-0.3, -0.25) is 4.79 Å². The number of hydrogen-bond donors (Lipinski definition) is 0. The number of hydrogen-bond acceptors (Lipinski definition) is 2. The van der Waals surface area contributed by atoms with E-state index in [9.17, 15) is 4.79 Å². The second-order valence-corrected chi connectivity index (χ2v) is 5.73. The quantitative estimate of drug-likeness (QED) is 0.818. The lowest BCUT2D eigenvalue weighted by Gasteiger charge is -2.23. The minimum atomic E-state index is 0.331. The number of aromatic nitrogens is 1. The SMILES string of the molecule is Cc1cc2c(n1C(C)CCN(C)C)CCCC2=O. The lowest BCUT2D eigenvalue weighted by molar-refractivity contribution is 0.0971. The minimum Gasteiger partial charge on any atom is -0.345 e. The van der Waals surface area contributed by atoms with Gasteiger partial charge in [0.2, 0.25) is 0 Å². The summed E-state index contributed by atoms with van der Waals surface area (Å²) in [5.74, 6) is 0.331. The molecule has 0 amide bonds. The lowest BCUT2D eigenvalue weighted by Crippen LogP contribution is -2.20. The van der Waals surface area contributed by atoms with Crippen LogP contribution in [0.25, 0.3) is 0 Å². The van der Waals surface area contributed by atoms with E-state index >= 15 is 0 Å². The number of ketones is 1. The maximum Gasteiger partial charge on any atom is 0.164 e. The van der Waals surface area contributed by atoms with Gasteiger partial charge in [0.1, 0.15) is 0 Å². The van der Waals surface area contributed by atoms with Crippen LogP contribution in [-0.2, 0) is 6.42 Å². The molecule has 0 aromatic carbocycles. The average Bonchev–Trinajstić information content (AvgIpc) is 2.64. The summed E-state index contributed by atoms with van der Waals surface area (Å²) < 4.78 is 2.38. The summed E-state index contributed by atoms with van der Waals surface area (Å²) in [5.41, 5.74) is 3.49. The molecule has 1 aliphatic carbocycles. The van der Waals surface area contributed by atoms with Gasteiger partial charge >= 0.3 is 0 Å². The molecular weight excluding hydrogens is 224 g/mol. The van der Waals surface area contributed by atoms with E-state index in [-0.39, 0.29) is 0 Å². The molecule has 0 N–H and O–H groups in total. The summed E-state index contributed by atoms with van der Waals surface area (Å²) in [6.07, 6.45) is 3.92. The van der Waals surface area contributed by atoms with Gasteiger partial charge in [0, 0.05) is 29.4 Å². The predicted molar refractivity (Wildman–Crippen MR) is 74.3 cm³/mol. The van der Waals surface area contributed by atoms with Gasteiger partial charge in [-0.05, 0) is 59.8 Å². The molecular formula is C15H24N2O. The highest BCUT2D eigenvalue weighted by atomic mass is 16.1. The summed E-state index contributed by atoms with van der Waals surface area (Å²) in [6, 6.07) is 2.56. The number of Topliss-reactive ketones (excluding diaryl/α,β-unsaturated/α-hetero) is 1. The third kappa shape index (κ3) is 2.51. The van der Waals surface area contributed by atoms with Gasteiger partial charge in [-0.25, -0.2) is 0 Å². The molecule has 2 rings (SSSR count). The van der Waals surface area contributed by atoms with Crippen LogP contribution < -0.4 is 0 Å². The van der Waals surface area contributed by atoms with Crippen molar-refractivity contribution in [3.63, 3.8) is 0 Å². The van der Waals surface area contributed by atoms with Crippen LogP contribution in [0.2, 0.25) is 0 Å². The van der Waals surface area contributed by atoms with E-state index in [0.29, 0.717) is 11.8 Å². The first-order valence-electron chi connectivity index (χ1n) is 6.89. The largest absolute Gasteiger partial charge is 0.345 e. The van der Waals surface area contributed by atoms with Crippen LogP contribution >= 0.6 is 0 Å². The third-order valence-electron chi connectivity index (χ3n) is 3.89. The third-order valence-corrected chi connectivity index (χ3v) is 3.89. The van der Waals surface area contributed by atoms with Crippen LogP contribution in [0.15, 0.2) is 6.07 Å². The zero-order valence-corrected chi connectivity index (χ0v) is 12.0. The molecule has 3 nitrogen and oxygen atoms in total. The molecule has 100 valence electrons. The van der Waals surface area contributed by atoms with Crippen molar-refractivity contribution in [3.05, 3.63) is 23.0 Å². The Labute approximate surface area is 110 Å². The van der Waals surface area contributed by atoms with E-state index in [1.807, 2.05) is 0 Å². The van der Waals surface area contributed by atoms with Gasteiger partial charge in [-0.15, -0.1) is 0 Å². The van der Waals surface area contributed by atoms with Crippen LogP contribution in [-0.4, -0.2) is 35.9 Å². The van der Waals surface area contributed by atoms with Crippen LogP contribution in [0, 0.1) is 6.92 Å². The first-order valence-corrected chi connectivity index (χ1v) is 6.89. The number of rotatable bonds is 4. The van der Waals surface area contributed by atoms with E-state index in [4.69, 9.17) is 0 Å². The molecule has 1 aromatic heterocycles. The summed E-state index contributed by atoms with van der Waals surface area (Å²) in [5, 5.41) is 0. The maximum absolute atomic E-state index is 11.9. The van der Waals surface area contributed by atoms with Crippen LogP contribution in [0.3, 0.4) is 0 Å². The van der Waals surface area contributed by atoms with E-state index < -0.39 is 0 Å². The number of carbonyl (C=O) groups excluding carboxylic acids is 1. The van der Waals surface area contributed by atoms with Crippen molar-refractivity contribution in [1.82, 2.24) is 9.47 Å². The fraction of sp³-hybridized carbons (Fsp3) is 0.667. The molecule has 0 spiro atoms. The highest BCUT2D eigenvalue weighted by Gasteiger charge is 2.24. The molecule has 0 bridgehead atoms. The van der Waals surface area contributed by atoms with Crippen molar-refractivity contribution in [1.29, 1.82) is 0 Å². The van der Waals surface area contributed by atoms with Crippen LogP contribution in [0.1, 0.15) is 54.0 Å². The van der Waals surface area contributed by atoms with E-state index in [1.165, 1.54) is 11.4 Å². The molecule has 0 fully saturated rings. The minimum absolute atomic E-state index is 0.331. The Morgan fingerprint density at radius 1 is 1.39 bits per heavy atom. The molecule has 3 heteroatoms. The zero-order valence-electron chi connectivity index (χ0n) is 12.0. The van der Waals surface area contributed by atoms with Crippen molar-refractivity contribution >= 4 is 5.78 Å². The first-order chi connectivity index (χ1) is 8.50. The first kappa shape index (κ1) is 13.3. The number of fused-ring (bicyclic) bond motifs is 1. The van der Waals surface area contributed by atoms with Crippen molar-refractivity contribution in [2.24, 2.45) is 0 Å². The van der Waals surface area contributed by atoms with Crippen molar-refractivity contribution in [2.75, 3.05) is 20.6 Å². The van der Waals surface area contributed by atoms with Gasteiger partial charge in [0.05, 0.1) is 0 Å². The summed E-state index contributed by atoms with van der Waals surface area (Å²) in [7, 11) is 4.21. The Hall–Kier alpha value is -1.09. The molecule has 1 heterocycles. The van der Waals surface area contributed by atoms with Crippen LogP contribution in [0.5, 0.6) is 0 Å². The van der Waals surface area contributed by atoms with Crippen molar-refractivity contribution in [2.45, 2.75) is 45.6 Å². The fourth-order valence-electron chi connectivity index (χ4n) is 2.94. The topological polar surface area (TPSA) is 25.2 Å². The highest BCUT2D eigenvalue weighted by Crippen LogP contribution is 2.29. The Balaban J connectivity index is 2.25. The monoisotopic (exact) mass is 248 g/mol. The second kappa shape index (κ2) is 5.27. The molecule has 0 aliphatic heterocycles. The number of aryl methyl sites for hydroxylation is 1. The number of carbonyl (C=O) groups is 1. The van der Waals surface area contributed by atoms with Gasteiger partial charge in [-0.2, -0.15) is 0 Å². The van der Waals surface area contributed by atoms with Gasteiger partial charge in [-0.1, -0.05) is 0 Å². The fourth-order valence-corrected chi connectivity index (χ4v) is 2.94. The normalized spacial score (nSPS) is 17.1. The Morgan fingerprint density at radius 2 is 2.11 bits per heavy atom. The molecule has 1 aliphatic rings. The summed E-state index contributed by atoms with van der Waals surface area (Å²) >= 11 is 0. The Kier molecular flexibility index (Phi) is 3.91.